The van der Waals surface area contributed by atoms with Crippen molar-refractivity contribution < 1.29 is 4.79 Å². The Kier molecular flexibility index (Phi) is 3.12. The van der Waals surface area contributed by atoms with Crippen LogP contribution in [0.25, 0.3) is 10.2 Å². The van der Waals surface area contributed by atoms with Gasteiger partial charge in [0.1, 0.15) is 5.88 Å². The summed E-state index contributed by atoms with van der Waals surface area (Å²) in [5.74, 6) is -0.274. The number of carbonyl (C=O) groups excluding carboxylic acids is 1. The summed E-state index contributed by atoms with van der Waals surface area (Å²) in [6, 6.07) is 4.14. The Labute approximate surface area is 102 Å². The van der Waals surface area contributed by atoms with Gasteiger partial charge in [0.15, 0.2) is 5.13 Å². The molecule has 1 N–H and O–H groups in total. The molecule has 0 aliphatic heterocycles. The van der Waals surface area contributed by atoms with Gasteiger partial charge >= 0.3 is 0 Å². The van der Waals surface area contributed by atoms with E-state index in [1.54, 1.807) is 0 Å². The second-order valence-electron chi connectivity index (χ2n) is 3.63. The Bertz CT molecular complexity index is 550. The molecule has 0 fully saturated rings. The summed E-state index contributed by atoms with van der Waals surface area (Å²) in [5.41, 5.74) is 3.27. The Morgan fingerprint density at radius 3 is 2.94 bits per heavy atom. The van der Waals surface area contributed by atoms with Crippen molar-refractivity contribution in [3.05, 3.63) is 23.3 Å². The maximum atomic E-state index is 11.1. The molecular weight excluding hydrogens is 244 g/mol. The highest BCUT2D eigenvalue weighted by molar-refractivity contribution is 7.22. The van der Waals surface area contributed by atoms with Crippen LogP contribution in [0.1, 0.15) is 11.1 Å². The molecule has 0 atom stereocenters. The van der Waals surface area contributed by atoms with Crippen molar-refractivity contribution >= 4 is 44.2 Å². The van der Waals surface area contributed by atoms with Gasteiger partial charge in [0.05, 0.1) is 10.2 Å². The topological polar surface area (TPSA) is 42.0 Å². The highest BCUT2D eigenvalue weighted by Gasteiger charge is 2.08. The van der Waals surface area contributed by atoms with Gasteiger partial charge in [-0.05, 0) is 31.0 Å². The number of nitrogens with zero attached hydrogens (tertiary/aromatic N) is 1. The van der Waals surface area contributed by atoms with Gasteiger partial charge in [0.2, 0.25) is 5.91 Å². The van der Waals surface area contributed by atoms with E-state index >= 15 is 0 Å². The van der Waals surface area contributed by atoms with Crippen LogP contribution in [0.5, 0.6) is 0 Å². The van der Waals surface area contributed by atoms with Gasteiger partial charge in [-0.3, -0.25) is 4.79 Å². The molecule has 1 aromatic heterocycles. The molecule has 0 unspecified atom stereocenters. The molecule has 2 rings (SSSR count). The van der Waals surface area contributed by atoms with Gasteiger partial charge < -0.3 is 5.32 Å². The lowest BCUT2D eigenvalue weighted by Crippen LogP contribution is -2.11. The lowest BCUT2D eigenvalue weighted by molar-refractivity contribution is -0.113. The number of hydrogen-bond donors (Lipinski definition) is 1. The number of amides is 1. The molecule has 3 nitrogen and oxygen atoms in total. The third-order valence-electron chi connectivity index (χ3n) is 2.20. The first-order valence-electron chi connectivity index (χ1n) is 4.84. The van der Waals surface area contributed by atoms with Gasteiger partial charge in [-0.1, -0.05) is 17.4 Å². The number of thiazole rings is 1. The average Bonchev–Trinajstić information content (AvgIpc) is 2.60. The molecule has 16 heavy (non-hydrogen) atoms. The molecule has 0 aliphatic rings. The molecule has 0 aliphatic carbocycles. The van der Waals surface area contributed by atoms with Crippen LogP contribution in [0.3, 0.4) is 0 Å². The molecule has 5 heteroatoms. The number of aromatic nitrogens is 1. The molecule has 0 saturated heterocycles. The lowest BCUT2D eigenvalue weighted by atomic mass is 10.1. The second-order valence-corrected chi connectivity index (χ2v) is 4.93. The molecule has 0 spiro atoms. The van der Waals surface area contributed by atoms with Gasteiger partial charge in [-0.25, -0.2) is 4.98 Å². The SMILES string of the molecule is Cc1cc(C)c2nc(NC(=O)CCl)sc2c1. The summed E-state index contributed by atoms with van der Waals surface area (Å²) >= 11 is 6.89. The van der Waals surface area contributed by atoms with Gasteiger partial charge in [0.25, 0.3) is 0 Å². The second kappa shape index (κ2) is 4.39. The quantitative estimate of drug-likeness (QED) is 0.837. The molecule has 1 amide bonds. The summed E-state index contributed by atoms with van der Waals surface area (Å²) in [6.45, 7) is 4.06. The Hall–Kier alpha value is -1.13. The van der Waals surface area contributed by atoms with Crippen LogP contribution < -0.4 is 5.32 Å². The van der Waals surface area contributed by atoms with Crippen LogP contribution in [-0.4, -0.2) is 16.8 Å². The van der Waals surface area contributed by atoms with E-state index in [0.29, 0.717) is 5.13 Å². The first-order chi connectivity index (χ1) is 7.60. The summed E-state index contributed by atoms with van der Waals surface area (Å²) in [7, 11) is 0. The van der Waals surface area contributed by atoms with Crippen molar-refractivity contribution in [2.24, 2.45) is 0 Å². The molecule has 1 heterocycles. The van der Waals surface area contributed by atoms with Gasteiger partial charge in [0, 0.05) is 0 Å². The van der Waals surface area contributed by atoms with Crippen molar-refractivity contribution in [1.29, 1.82) is 0 Å². The zero-order chi connectivity index (χ0) is 11.7. The van der Waals surface area contributed by atoms with E-state index in [2.05, 4.69) is 22.4 Å². The van der Waals surface area contributed by atoms with Crippen LogP contribution >= 0.6 is 22.9 Å². The lowest BCUT2D eigenvalue weighted by Gasteiger charge is -1.96. The monoisotopic (exact) mass is 254 g/mol. The Morgan fingerprint density at radius 1 is 1.50 bits per heavy atom. The number of alkyl halides is 1. The van der Waals surface area contributed by atoms with Crippen molar-refractivity contribution in [1.82, 2.24) is 4.98 Å². The Balaban J connectivity index is 2.44. The van der Waals surface area contributed by atoms with Gasteiger partial charge in [-0.2, -0.15) is 0 Å². The summed E-state index contributed by atoms with van der Waals surface area (Å²) in [6.07, 6.45) is 0. The van der Waals surface area contributed by atoms with Crippen molar-refractivity contribution in [3.63, 3.8) is 0 Å². The predicted molar refractivity (Wildman–Crippen MR) is 68.4 cm³/mol. The fourth-order valence-electron chi connectivity index (χ4n) is 1.58. The number of halogens is 1. The van der Waals surface area contributed by atoms with E-state index in [1.165, 1.54) is 16.9 Å². The standard InChI is InChI=1S/C11H11ClN2OS/c1-6-3-7(2)10-8(4-6)16-11(14-10)13-9(15)5-12/h3-4H,5H2,1-2H3,(H,13,14,15). The summed E-state index contributed by atoms with van der Waals surface area (Å²) in [5, 5.41) is 3.27. The number of hydrogen-bond acceptors (Lipinski definition) is 3. The van der Waals surface area contributed by atoms with E-state index < -0.39 is 0 Å². The molecular formula is C11H11ClN2OS. The van der Waals surface area contributed by atoms with E-state index in [9.17, 15) is 4.79 Å². The highest BCUT2D eigenvalue weighted by Crippen LogP contribution is 2.29. The van der Waals surface area contributed by atoms with Crippen LogP contribution in [0.2, 0.25) is 0 Å². The van der Waals surface area contributed by atoms with E-state index in [0.717, 1.165) is 15.8 Å². The fourth-order valence-corrected chi connectivity index (χ4v) is 2.70. The fraction of sp³-hybridized carbons (Fsp3) is 0.273. The van der Waals surface area contributed by atoms with Crippen LogP contribution in [0.15, 0.2) is 12.1 Å². The first-order valence-corrected chi connectivity index (χ1v) is 6.19. The van der Waals surface area contributed by atoms with Crippen molar-refractivity contribution in [3.8, 4) is 0 Å². The van der Waals surface area contributed by atoms with Crippen molar-refractivity contribution in [2.45, 2.75) is 13.8 Å². The van der Waals surface area contributed by atoms with Crippen LogP contribution in [0, 0.1) is 13.8 Å². The molecule has 84 valence electrons. The van der Waals surface area contributed by atoms with E-state index in [4.69, 9.17) is 11.6 Å². The van der Waals surface area contributed by atoms with Gasteiger partial charge in [-0.15, -0.1) is 11.6 Å². The first kappa shape index (κ1) is 11.4. The molecule has 0 saturated carbocycles. The minimum absolute atomic E-state index is 0.0477. The number of aryl methyl sites for hydroxylation is 2. The molecule has 0 bridgehead atoms. The summed E-state index contributed by atoms with van der Waals surface area (Å²) in [4.78, 5) is 15.5. The number of benzene rings is 1. The van der Waals surface area contributed by atoms with Crippen molar-refractivity contribution in [2.75, 3.05) is 11.2 Å². The van der Waals surface area contributed by atoms with E-state index in [1.807, 2.05) is 13.8 Å². The number of fused-ring (bicyclic) bond motifs is 1. The molecule has 2 aromatic rings. The third-order valence-corrected chi connectivity index (χ3v) is 3.36. The summed E-state index contributed by atoms with van der Waals surface area (Å²) < 4.78 is 1.09. The molecule has 0 radical (unpaired) electrons. The maximum absolute atomic E-state index is 11.1. The molecule has 1 aromatic carbocycles. The number of anilines is 1. The van der Waals surface area contributed by atoms with Crippen LogP contribution in [0.4, 0.5) is 5.13 Å². The minimum Gasteiger partial charge on any atom is -0.301 e. The normalized spacial score (nSPS) is 10.7. The largest absolute Gasteiger partial charge is 0.301 e. The minimum atomic E-state index is -0.227. The number of carbonyl (C=O) groups is 1. The Morgan fingerprint density at radius 2 is 2.25 bits per heavy atom. The number of rotatable bonds is 2. The van der Waals surface area contributed by atoms with E-state index in [-0.39, 0.29) is 11.8 Å². The predicted octanol–water partition coefficient (Wildman–Crippen LogP) is 3.09. The van der Waals surface area contributed by atoms with Crippen LogP contribution in [-0.2, 0) is 4.79 Å². The zero-order valence-corrected chi connectivity index (χ0v) is 10.6. The zero-order valence-electron chi connectivity index (χ0n) is 9.00. The average molecular weight is 255 g/mol. The highest BCUT2D eigenvalue weighted by atomic mass is 35.5. The third kappa shape index (κ3) is 2.18. The maximum Gasteiger partial charge on any atom is 0.241 e. The smallest absolute Gasteiger partial charge is 0.241 e. The number of nitrogens with one attached hydrogen (secondary N) is 1.